The van der Waals surface area contributed by atoms with Crippen LogP contribution in [0.4, 0.5) is 13.2 Å². The highest BCUT2D eigenvalue weighted by Crippen LogP contribution is 2.26. The highest BCUT2D eigenvalue weighted by Gasteiger charge is 2.20. The van der Waals surface area contributed by atoms with Crippen LogP contribution >= 0.6 is 15.9 Å². The number of hydrogen-bond acceptors (Lipinski definition) is 1. The lowest BCUT2D eigenvalue weighted by molar-refractivity contribution is 0.103. The summed E-state index contributed by atoms with van der Waals surface area (Å²) in [5.74, 6) is -3.65. The molecule has 2 rings (SSSR count). The van der Waals surface area contributed by atoms with Gasteiger partial charge in [0.25, 0.3) is 0 Å². The lowest BCUT2D eigenvalue weighted by Crippen LogP contribution is -2.07. The van der Waals surface area contributed by atoms with Gasteiger partial charge in [-0.15, -0.1) is 0 Å². The minimum atomic E-state index is -1.17. The van der Waals surface area contributed by atoms with Gasteiger partial charge in [0.05, 0.1) is 10.0 Å². The molecule has 0 bridgehead atoms. The van der Waals surface area contributed by atoms with Crippen LogP contribution < -0.4 is 0 Å². The summed E-state index contributed by atoms with van der Waals surface area (Å²) >= 11 is 2.81. The van der Waals surface area contributed by atoms with E-state index in [1.165, 1.54) is 12.1 Å². The van der Waals surface area contributed by atoms with Crippen molar-refractivity contribution in [1.29, 1.82) is 0 Å². The molecule has 0 radical (unpaired) electrons. The van der Waals surface area contributed by atoms with Crippen LogP contribution in [0, 0.1) is 24.4 Å². The van der Waals surface area contributed by atoms with E-state index in [2.05, 4.69) is 15.9 Å². The number of hydrogen-bond donors (Lipinski definition) is 0. The molecule has 0 saturated heterocycles. The summed E-state index contributed by atoms with van der Waals surface area (Å²) in [7, 11) is 0. The minimum Gasteiger partial charge on any atom is -0.288 e. The molecule has 0 heterocycles. The van der Waals surface area contributed by atoms with E-state index in [4.69, 9.17) is 0 Å². The molecule has 0 aliphatic heterocycles. The first kappa shape index (κ1) is 13.8. The Kier molecular flexibility index (Phi) is 3.75. The second kappa shape index (κ2) is 5.17. The normalized spacial score (nSPS) is 10.6. The monoisotopic (exact) mass is 328 g/mol. The maximum atomic E-state index is 13.6. The molecule has 0 aliphatic carbocycles. The van der Waals surface area contributed by atoms with E-state index < -0.39 is 23.2 Å². The summed E-state index contributed by atoms with van der Waals surface area (Å²) in [6, 6.07) is 6.00. The molecule has 0 N–H and O–H groups in total. The van der Waals surface area contributed by atoms with Crippen LogP contribution in [0.25, 0.3) is 0 Å². The fourth-order valence-corrected chi connectivity index (χ4v) is 2.16. The molecule has 1 nitrogen and oxygen atoms in total. The van der Waals surface area contributed by atoms with Gasteiger partial charge in [0.15, 0.2) is 17.4 Å². The Balaban J connectivity index is 2.56. The second-order valence-corrected chi connectivity index (χ2v) is 4.83. The average molecular weight is 329 g/mol. The predicted molar refractivity (Wildman–Crippen MR) is 68.6 cm³/mol. The lowest BCUT2D eigenvalue weighted by atomic mass is 10.0. The summed E-state index contributed by atoms with van der Waals surface area (Å²) in [4.78, 5) is 12.1. The van der Waals surface area contributed by atoms with E-state index in [0.717, 1.165) is 18.2 Å². The van der Waals surface area contributed by atoms with E-state index in [0.29, 0.717) is 5.56 Å². The molecule has 98 valence electrons. The molecule has 0 atom stereocenters. The highest BCUT2D eigenvalue weighted by molar-refractivity contribution is 9.10. The largest absolute Gasteiger partial charge is 0.288 e. The van der Waals surface area contributed by atoms with E-state index >= 15 is 0 Å². The smallest absolute Gasteiger partial charge is 0.197 e. The summed E-state index contributed by atoms with van der Waals surface area (Å²) < 4.78 is 39.7. The molecule has 0 fully saturated rings. The van der Waals surface area contributed by atoms with Crippen LogP contribution in [0.15, 0.2) is 34.8 Å². The van der Waals surface area contributed by atoms with Crippen molar-refractivity contribution in [1.82, 2.24) is 0 Å². The lowest BCUT2D eigenvalue weighted by Gasteiger charge is -2.07. The van der Waals surface area contributed by atoms with Gasteiger partial charge in [-0.3, -0.25) is 4.79 Å². The van der Waals surface area contributed by atoms with Gasteiger partial charge in [0.1, 0.15) is 5.82 Å². The minimum absolute atomic E-state index is 0.122. The second-order valence-electron chi connectivity index (χ2n) is 4.04. The Bertz CT molecular complexity index is 668. The Hall–Kier alpha value is -1.62. The Morgan fingerprint density at radius 2 is 1.63 bits per heavy atom. The molecule has 0 saturated carbocycles. The molecule has 0 aliphatic rings. The predicted octanol–water partition coefficient (Wildman–Crippen LogP) is 4.41. The fourth-order valence-electron chi connectivity index (χ4n) is 1.66. The Labute approximate surface area is 116 Å². The fraction of sp³-hybridized carbons (Fsp3) is 0.0714. The first-order chi connectivity index (χ1) is 8.91. The number of ketones is 1. The first-order valence-electron chi connectivity index (χ1n) is 5.36. The van der Waals surface area contributed by atoms with Crippen LogP contribution in [-0.4, -0.2) is 5.78 Å². The molecule has 0 unspecified atom stereocenters. The number of halogens is 4. The third-order valence-corrected chi connectivity index (χ3v) is 3.42. The van der Waals surface area contributed by atoms with Gasteiger partial charge >= 0.3 is 0 Å². The van der Waals surface area contributed by atoms with Gasteiger partial charge in [-0.2, -0.15) is 0 Å². The molecular formula is C14H8BrF3O. The number of benzene rings is 2. The van der Waals surface area contributed by atoms with Crippen molar-refractivity contribution in [3.63, 3.8) is 0 Å². The average Bonchev–Trinajstić information content (AvgIpc) is 2.38. The highest BCUT2D eigenvalue weighted by atomic mass is 79.9. The first-order valence-corrected chi connectivity index (χ1v) is 6.15. The van der Waals surface area contributed by atoms with E-state index in [-0.39, 0.29) is 15.6 Å². The third kappa shape index (κ3) is 2.56. The third-order valence-electron chi connectivity index (χ3n) is 2.65. The molecule has 2 aromatic carbocycles. The van der Waals surface area contributed by atoms with Gasteiger partial charge < -0.3 is 0 Å². The quantitative estimate of drug-likeness (QED) is 0.589. The SMILES string of the molecule is Cc1ccc(F)c(C(=O)c2ccc(F)c(F)c2Br)c1. The summed E-state index contributed by atoms with van der Waals surface area (Å²) in [6.07, 6.45) is 0. The van der Waals surface area contributed by atoms with Crippen LogP contribution in [-0.2, 0) is 0 Å². The summed E-state index contributed by atoms with van der Waals surface area (Å²) in [6.45, 7) is 1.70. The number of carbonyl (C=O) groups is 1. The van der Waals surface area contributed by atoms with Crippen molar-refractivity contribution < 1.29 is 18.0 Å². The molecule has 19 heavy (non-hydrogen) atoms. The standard InChI is InChI=1S/C14H8BrF3O/c1-7-2-4-10(16)9(6-7)14(19)8-3-5-11(17)13(18)12(8)15/h2-6H,1H3. The maximum Gasteiger partial charge on any atom is 0.197 e. The van der Waals surface area contributed by atoms with E-state index in [9.17, 15) is 18.0 Å². The molecular weight excluding hydrogens is 321 g/mol. The van der Waals surface area contributed by atoms with Crippen molar-refractivity contribution in [2.24, 2.45) is 0 Å². The van der Waals surface area contributed by atoms with Crippen LogP contribution in [0.5, 0.6) is 0 Å². The number of aryl methyl sites for hydroxylation is 1. The molecule has 0 spiro atoms. The molecule has 5 heteroatoms. The van der Waals surface area contributed by atoms with Gasteiger partial charge in [-0.05, 0) is 47.1 Å². The number of carbonyl (C=O) groups excluding carboxylic acids is 1. The summed E-state index contributed by atoms with van der Waals surface area (Å²) in [5.41, 5.74) is 0.401. The van der Waals surface area contributed by atoms with Gasteiger partial charge in [0.2, 0.25) is 0 Å². The Morgan fingerprint density at radius 3 is 2.32 bits per heavy atom. The van der Waals surface area contributed by atoms with Crippen LogP contribution in [0.2, 0.25) is 0 Å². The van der Waals surface area contributed by atoms with Crippen molar-refractivity contribution in [2.75, 3.05) is 0 Å². The van der Waals surface area contributed by atoms with Crippen LogP contribution in [0.1, 0.15) is 21.5 Å². The van der Waals surface area contributed by atoms with Crippen molar-refractivity contribution >= 4 is 21.7 Å². The summed E-state index contributed by atoms with van der Waals surface area (Å²) in [5, 5.41) is 0. The van der Waals surface area contributed by atoms with E-state index in [1.54, 1.807) is 6.92 Å². The Morgan fingerprint density at radius 1 is 1.00 bits per heavy atom. The zero-order valence-electron chi connectivity index (χ0n) is 9.81. The molecule has 0 aromatic heterocycles. The van der Waals surface area contributed by atoms with Gasteiger partial charge in [-0.25, -0.2) is 13.2 Å². The zero-order valence-corrected chi connectivity index (χ0v) is 11.4. The van der Waals surface area contributed by atoms with Crippen LogP contribution in [0.3, 0.4) is 0 Å². The maximum absolute atomic E-state index is 13.6. The van der Waals surface area contributed by atoms with Gasteiger partial charge in [0, 0.05) is 5.56 Å². The topological polar surface area (TPSA) is 17.1 Å². The number of rotatable bonds is 2. The molecule has 0 amide bonds. The molecule has 2 aromatic rings. The van der Waals surface area contributed by atoms with Crippen molar-refractivity contribution in [3.05, 3.63) is 68.9 Å². The van der Waals surface area contributed by atoms with Crippen molar-refractivity contribution in [3.8, 4) is 0 Å². The zero-order chi connectivity index (χ0) is 14.2. The van der Waals surface area contributed by atoms with Gasteiger partial charge in [-0.1, -0.05) is 11.6 Å². The van der Waals surface area contributed by atoms with Crippen molar-refractivity contribution in [2.45, 2.75) is 6.92 Å². The van der Waals surface area contributed by atoms with E-state index in [1.807, 2.05) is 0 Å².